The van der Waals surface area contributed by atoms with Crippen molar-refractivity contribution in [2.45, 2.75) is 39.7 Å². The van der Waals surface area contributed by atoms with E-state index < -0.39 is 0 Å². The summed E-state index contributed by atoms with van der Waals surface area (Å²) in [5, 5.41) is 6.98. The fraction of sp³-hybridized carbons (Fsp3) is 0.455. The molecule has 8 nitrogen and oxygen atoms in total. The minimum atomic E-state index is -0.330. The molecule has 3 amide bonds. The molecule has 1 aromatic heterocycles. The van der Waals surface area contributed by atoms with Gasteiger partial charge < -0.3 is 20.3 Å². The van der Waals surface area contributed by atoms with Crippen molar-refractivity contribution in [3.8, 4) is 5.75 Å². The summed E-state index contributed by atoms with van der Waals surface area (Å²) in [4.78, 5) is 44.8. The molecule has 2 heterocycles. The lowest BCUT2D eigenvalue weighted by atomic mass is 10.2. The molecule has 2 aromatic rings. The third-order valence-corrected chi connectivity index (χ3v) is 6.24. The van der Waals surface area contributed by atoms with E-state index >= 15 is 0 Å². The fourth-order valence-corrected chi connectivity index (χ4v) is 4.47. The van der Waals surface area contributed by atoms with Crippen LogP contribution in [-0.4, -0.2) is 59.9 Å². The van der Waals surface area contributed by atoms with Gasteiger partial charge in [-0.25, -0.2) is 4.98 Å². The Morgan fingerprint density at radius 3 is 2.78 bits per heavy atom. The molecule has 1 aliphatic heterocycles. The number of carbonyl (C=O) groups excluding carboxylic acids is 3. The van der Waals surface area contributed by atoms with E-state index in [-0.39, 0.29) is 36.9 Å². The number of hydrogen-bond acceptors (Lipinski definition) is 6. The largest absolute Gasteiger partial charge is 0.491 e. The summed E-state index contributed by atoms with van der Waals surface area (Å²) in [6.07, 6.45) is 1.27. The first-order valence-corrected chi connectivity index (χ1v) is 11.7. The summed E-state index contributed by atoms with van der Waals surface area (Å²) in [6.45, 7) is 6.37. The number of nitrogens with zero attached hydrogens (tertiary/aromatic N) is 2. The van der Waals surface area contributed by atoms with Gasteiger partial charge in [0.25, 0.3) is 11.8 Å². The average Bonchev–Trinajstić information content (AvgIpc) is 3.08. The van der Waals surface area contributed by atoms with Crippen LogP contribution in [0.2, 0.25) is 5.02 Å². The van der Waals surface area contributed by atoms with E-state index in [9.17, 15) is 14.4 Å². The van der Waals surface area contributed by atoms with Crippen LogP contribution in [0.5, 0.6) is 5.75 Å². The van der Waals surface area contributed by atoms with Crippen LogP contribution in [0.25, 0.3) is 0 Å². The van der Waals surface area contributed by atoms with Gasteiger partial charge in [0.2, 0.25) is 5.91 Å². The number of benzene rings is 1. The molecule has 0 bridgehead atoms. The highest BCUT2D eigenvalue weighted by molar-refractivity contribution is 7.13. The van der Waals surface area contributed by atoms with Crippen LogP contribution < -0.4 is 15.4 Å². The summed E-state index contributed by atoms with van der Waals surface area (Å²) in [5.41, 5.74) is 1.01. The number of rotatable bonds is 1. The van der Waals surface area contributed by atoms with Crippen molar-refractivity contribution in [1.29, 1.82) is 0 Å². The minimum absolute atomic E-state index is 0.0574. The summed E-state index contributed by atoms with van der Waals surface area (Å²) < 4.78 is 5.79. The third-order valence-electron chi connectivity index (χ3n) is 4.94. The highest BCUT2D eigenvalue weighted by Gasteiger charge is 2.24. The van der Waals surface area contributed by atoms with E-state index in [2.05, 4.69) is 15.6 Å². The maximum atomic E-state index is 13.1. The summed E-state index contributed by atoms with van der Waals surface area (Å²) in [5.74, 6) is -0.357. The van der Waals surface area contributed by atoms with Crippen molar-refractivity contribution in [2.24, 2.45) is 0 Å². The number of nitrogens with one attached hydrogen (secondary N) is 2. The Balaban J connectivity index is 1.77. The molecular formula is C22H27ClN4O4S. The highest BCUT2D eigenvalue weighted by atomic mass is 35.5. The lowest BCUT2D eigenvalue weighted by Gasteiger charge is -2.23. The summed E-state index contributed by atoms with van der Waals surface area (Å²) >= 11 is 7.39. The Kier molecular flexibility index (Phi) is 8.09. The van der Waals surface area contributed by atoms with Crippen molar-refractivity contribution >= 4 is 40.7 Å². The number of ether oxygens (including phenoxy) is 1. The molecule has 0 fully saturated rings. The quantitative estimate of drug-likeness (QED) is 0.656. The van der Waals surface area contributed by atoms with Gasteiger partial charge >= 0.3 is 0 Å². The van der Waals surface area contributed by atoms with Gasteiger partial charge in [0, 0.05) is 18.1 Å². The predicted octanol–water partition coefficient (Wildman–Crippen LogP) is 2.96. The number of aryl methyl sites for hydroxylation is 2. The Labute approximate surface area is 196 Å². The zero-order chi connectivity index (χ0) is 23.3. The van der Waals surface area contributed by atoms with Crippen LogP contribution in [0.3, 0.4) is 0 Å². The van der Waals surface area contributed by atoms with E-state index in [0.717, 1.165) is 5.01 Å². The summed E-state index contributed by atoms with van der Waals surface area (Å²) in [6, 6.07) is 4.53. The van der Waals surface area contributed by atoms with E-state index in [1.54, 1.807) is 36.9 Å². The molecule has 0 unspecified atom stereocenters. The highest BCUT2D eigenvalue weighted by Crippen LogP contribution is 2.23. The molecule has 0 radical (unpaired) electrons. The molecule has 10 heteroatoms. The lowest BCUT2D eigenvalue weighted by Crippen LogP contribution is -2.45. The Morgan fingerprint density at radius 1 is 1.28 bits per heavy atom. The second-order valence-electron chi connectivity index (χ2n) is 7.76. The molecule has 2 N–H and O–H groups in total. The van der Waals surface area contributed by atoms with Crippen LogP contribution in [0.4, 0.5) is 0 Å². The molecule has 32 heavy (non-hydrogen) atoms. The van der Waals surface area contributed by atoms with Crippen molar-refractivity contribution in [3.63, 3.8) is 0 Å². The van der Waals surface area contributed by atoms with Crippen LogP contribution in [0.15, 0.2) is 18.2 Å². The van der Waals surface area contributed by atoms with E-state index in [1.165, 1.54) is 11.3 Å². The van der Waals surface area contributed by atoms with Gasteiger partial charge in [0.05, 0.1) is 28.9 Å². The molecule has 0 aliphatic carbocycles. The van der Waals surface area contributed by atoms with E-state index in [0.29, 0.717) is 52.8 Å². The van der Waals surface area contributed by atoms with Crippen molar-refractivity contribution in [3.05, 3.63) is 44.4 Å². The van der Waals surface area contributed by atoms with Gasteiger partial charge in [-0.1, -0.05) is 11.6 Å². The van der Waals surface area contributed by atoms with Gasteiger partial charge in [-0.2, -0.15) is 0 Å². The number of carbonyl (C=O) groups is 3. The van der Waals surface area contributed by atoms with Crippen molar-refractivity contribution in [1.82, 2.24) is 20.5 Å². The van der Waals surface area contributed by atoms with E-state index in [4.69, 9.17) is 16.3 Å². The lowest BCUT2D eigenvalue weighted by molar-refractivity contribution is -0.122. The zero-order valence-corrected chi connectivity index (χ0v) is 19.9. The molecule has 0 saturated heterocycles. The van der Waals surface area contributed by atoms with Gasteiger partial charge in [0.1, 0.15) is 17.2 Å². The molecule has 3 rings (SSSR count). The predicted molar refractivity (Wildman–Crippen MR) is 124 cm³/mol. The number of thiazole rings is 1. The topological polar surface area (TPSA) is 101 Å². The summed E-state index contributed by atoms with van der Waals surface area (Å²) in [7, 11) is 0. The first kappa shape index (κ1) is 24.0. The molecule has 0 saturated carbocycles. The maximum absolute atomic E-state index is 13.1. The SMILES string of the molecule is Cc1nc(C)c(C(=O)N2CCCCNC(=O)c3cc(Cl)ccc3OC[C@@H](C)NC(=O)C2)s1. The standard InChI is InChI=1S/C22H27ClN4O4S/c1-13-12-31-18-7-6-16(23)10-17(18)21(29)24-8-4-5-9-27(11-19(28)25-13)22(30)20-14(2)26-15(3)32-20/h6-7,10,13H,4-5,8-9,11-12H2,1-3H3,(H,24,29)(H,25,28)/t13-/m1/s1. The number of fused-ring (bicyclic) bond motifs is 1. The molecule has 1 atom stereocenters. The Bertz CT molecular complexity index is 1010. The number of halogens is 1. The van der Waals surface area contributed by atoms with E-state index in [1.807, 2.05) is 6.92 Å². The first-order valence-electron chi connectivity index (χ1n) is 10.5. The fourth-order valence-electron chi connectivity index (χ4n) is 3.41. The van der Waals surface area contributed by atoms with Gasteiger partial charge in [-0.3, -0.25) is 14.4 Å². The van der Waals surface area contributed by atoms with Crippen LogP contribution in [-0.2, 0) is 4.79 Å². The third kappa shape index (κ3) is 6.20. The maximum Gasteiger partial charge on any atom is 0.266 e. The van der Waals surface area contributed by atoms with Crippen molar-refractivity contribution < 1.29 is 19.1 Å². The molecule has 172 valence electrons. The Hall–Kier alpha value is -2.65. The Morgan fingerprint density at radius 2 is 2.06 bits per heavy atom. The van der Waals surface area contributed by atoms with Gasteiger partial charge in [-0.05, 0) is 51.8 Å². The minimum Gasteiger partial charge on any atom is -0.491 e. The average molecular weight is 479 g/mol. The molecule has 1 aliphatic rings. The second kappa shape index (κ2) is 10.8. The number of aromatic nitrogens is 1. The molecule has 1 aromatic carbocycles. The second-order valence-corrected chi connectivity index (χ2v) is 9.40. The van der Waals surface area contributed by atoms with Crippen molar-refractivity contribution in [2.75, 3.05) is 26.2 Å². The monoisotopic (exact) mass is 478 g/mol. The zero-order valence-electron chi connectivity index (χ0n) is 18.4. The van der Waals surface area contributed by atoms with Gasteiger partial charge in [-0.15, -0.1) is 11.3 Å². The molecule has 0 spiro atoms. The van der Waals surface area contributed by atoms with Gasteiger partial charge in [0.15, 0.2) is 0 Å². The van der Waals surface area contributed by atoms with Crippen LogP contribution in [0.1, 0.15) is 50.5 Å². The van der Waals surface area contributed by atoms with Crippen LogP contribution >= 0.6 is 22.9 Å². The smallest absolute Gasteiger partial charge is 0.266 e. The molecular weight excluding hydrogens is 452 g/mol. The first-order chi connectivity index (χ1) is 15.2. The number of amides is 3. The normalized spacial score (nSPS) is 18.5. The van der Waals surface area contributed by atoms with Crippen LogP contribution in [0, 0.1) is 13.8 Å². The number of hydrogen-bond donors (Lipinski definition) is 2.